The fourth-order valence-electron chi connectivity index (χ4n) is 2.39. The molecule has 1 saturated heterocycles. The van der Waals surface area contributed by atoms with Gasteiger partial charge in [-0.15, -0.1) is 0 Å². The minimum atomic E-state index is -0.718. The molecular weight excluding hydrogens is 296 g/mol. The predicted molar refractivity (Wildman–Crippen MR) is 85.8 cm³/mol. The second-order valence-electron chi connectivity index (χ2n) is 5.05. The van der Waals surface area contributed by atoms with Gasteiger partial charge in [-0.2, -0.15) is 0 Å². The van der Waals surface area contributed by atoms with E-state index in [0.29, 0.717) is 11.4 Å². The average molecular weight is 316 g/mol. The Labute approximate surface area is 135 Å². The van der Waals surface area contributed by atoms with Crippen LogP contribution in [0.3, 0.4) is 0 Å². The lowest BCUT2D eigenvalue weighted by Crippen LogP contribution is -2.51. The molecule has 0 bridgehead atoms. The molecule has 1 aliphatic heterocycles. The van der Waals surface area contributed by atoms with E-state index in [9.17, 15) is 9.59 Å². The number of carbonyl (C=O) groups is 2. The van der Waals surface area contributed by atoms with Gasteiger partial charge in [-0.05, 0) is 24.6 Å². The van der Waals surface area contributed by atoms with Gasteiger partial charge in [0.15, 0.2) is 0 Å². The first-order chi connectivity index (χ1) is 11.1. The van der Waals surface area contributed by atoms with Gasteiger partial charge in [0.25, 0.3) is 0 Å². The molecular formula is C17H20N2O4. The minimum absolute atomic E-state index is 0.178. The van der Waals surface area contributed by atoms with Crippen LogP contribution in [0.2, 0.25) is 0 Å². The van der Waals surface area contributed by atoms with E-state index in [0.717, 1.165) is 5.56 Å². The van der Waals surface area contributed by atoms with E-state index in [1.54, 1.807) is 37.5 Å². The zero-order valence-electron chi connectivity index (χ0n) is 13.2. The van der Waals surface area contributed by atoms with Crippen molar-refractivity contribution < 1.29 is 19.1 Å². The van der Waals surface area contributed by atoms with Crippen molar-refractivity contribution in [3.05, 3.63) is 54.3 Å². The standard InChI is InChI=1S/C17H20N2O4/c1-4-5-9-23-16(20)14-11(2)18-17(21)19-15(14)12-7-6-8-13(10-12)22-3/h4-8,10,14-15H,2,9H2,1,3H3,(H2,18,19,21)/b5-4-/t14-,15-/m0/s1. The largest absolute Gasteiger partial charge is 0.497 e. The molecule has 0 unspecified atom stereocenters. The number of hydrogen-bond donors (Lipinski definition) is 2. The summed E-state index contributed by atoms with van der Waals surface area (Å²) in [7, 11) is 1.56. The van der Waals surface area contributed by atoms with Crippen molar-refractivity contribution in [2.24, 2.45) is 5.92 Å². The van der Waals surface area contributed by atoms with Gasteiger partial charge in [-0.1, -0.05) is 30.9 Å². The van der Waals surface area contributed by atoms with Crippen LogP contribution in [0.15, 0.2) is 48.7 Å². The number of amides is 2. The molecule has 0 radical (unpaired) electrons. The van der Waals surface area contributed by atoms with Gasteiger partial charge < -0.3 is 20.1 Å². The predicted octanol–water partition coefficient (Wildman–Crippen LogP) is 2.30. The fourth-order valence-corrected chi connectivity index (χ4v) is 2.39. The number of carbonyl (C=O) groups excluding carboxylic acids is 2. The zero-order chi connectivity index (χ0) is 16.8. The van der Waals surface area contributed by atoms with Crippen LogP contribution in [0.1, 0.15) is 18.5 Å². The number of allylic oxidation sites excluding steroid dienone is 1. The summed E-state index contributed by atoms with van der Waals surface area (Å²) < 4.78 is 10.4. The number of rotatable bonds is 5. The average Bonchev–Trinajstić information content (AvgIpc) is 2.54. The fraction of sp³-hybridized carbons (Fsp3) is 0.294. The van der Waals surface area contributed by atoms with Gasteiger partial charge in [0, 0.05) is 5.70 Å². The van der Waals surface area contributed by atoms with Crippen molar-refractivity contribution in [2.45, 2.75) is 13.0 Å². The second-order valence-corrected chi connectivity index (χ2v) is 5.05. The van der Waals surface area contributed by atoms with Crippen LogP contribution in [0.5, 0.6) is 5.75 Å². The van der Waals surface area contributed by atoms with Gasteiger partial charge >= 0.3 is 12.0 Å². The minimum Gasteiger partial charge on any atom is -0.497 e. The van der Waals surface area contributed by atoms with Gasteiger partial charge in [0.2, 0.25) is 0 Å². The molecule has 6 nitrogen and oxygen atoms in total. The van der Waals surface area contributed by atoms with Gasteiger partial charge in [0.05, 0.1) is 13.2 Å². The van der Waals surface area contributed by atoms with Crippen LogP contribution in [-0.4, -0.2) is 25.7 Å². The van der Waals surface area contributed by atoms with Crippen LogP contribution < -0.4 is 15.4 Å². The Morgan fingerprint density at radius 2 is 2.22 bits per heavy atom. The van der Waals surface area contributed by atoms with E-state index >= 15 is 0 Å². The normalized spacial score (nSPS) is 20.8. The quantitative estimate of drug-likeness (QED) is 0.645. The summed E-state index contributed by atoms with van der Waals surface area (Å²) in [5.74, 6) is -0.527. The Morgan fingerprint density at radius 3 is 2.91 bits per heavy atom. The van der Waals surface area contributed by atoms with Crippen LogP contribution in [0.25, 0.3) is 0 Å². The summed E-state index contributed by atoms with van der Waals surface area (Å²) in [6.45, 7) is 5.81. The number of benzene rings is 1. The molecule has 0 saturated carbocycles. The molecule has 1 fully saturated rings. The van der Waals surface area contributed by atoms with Crippen molar-refractivity contribution in [1.29, 1.82) is 0 Å². The molecule has 122 valence electrons. The van der Waals surface area contributed by atoms with E-state index in [1.807, 2.05) is 13.0 Å². The topological polar surface area (TPSA) is 76.7 Å². The highest BCUT2D eigenvalue weighted by molar-refractivity contribution is 5.85. The summed E-state index contributed by atoms with van der Waals surface area (Å²) in [6.07, 6.45) is 3.53. The van der Waals surface area contributed by atoms with E-state index in [1.165, 1.54) is 0 Å². The SMILES string of the molecule is C=C1NC(=O)N[C@@H](c2cccc(OC)c2)[C@H]1C(=O)OC/C=C\C. The molecule has 0 aliphatic carbocycles. The third-order valence-corrected chi connectivity index (χ3v) is 3.53. The smallest absolute Gasteiger partial charge is 0.319 e. The third-order valence-electron chi connectivity index (χ3n) is 3.53. The molecule has 2 amide bonds. The van der Waals surface area contributed by atoms with E-state index in [2.05, 4.69) is 17.2 Å². The molecule has 1 heterocycles. The van der Waals surface area contributed by atoms with Crippen molar-refractivity contribution in [2.75, 3.05) is 13.7 Å². The lowest BCUT2D eigenvalue weighted by Gasteiger charge is -2.33. The molecule has 2 rings (SSSR count). The number of hydrogen-bond acceptors (Lipinski definition) is 4. The third kappa shape index (κ3) is 3.91. The maximum atomic E-state index is 12.4. The Balaban J connectivity index is 2.29. The maximum Gasteiger partial charge on any atom is 0.319 e. The lowest BCUT2D eigenvalue weighted by molar-refractivity contribution is -0.147. The summed E-state index contributed by atoms with van der Waals surface area (Å²) in [5, 5.41) is 5.28. The molecule has 1 aromatic carbocycles. The molecule has 1 aromatic rings. The number of nitrogens with one attached hydrogen (secondary N) is 2. The summed E-state index contributed by atoms with van der Waals surface area (Å²) in [5.41, 5.74) is 1.06. The van der Waals surface area contributed by atoms with Crippen LogP contribution >= 0.6 is 0 Å². The molecule has 2 atom stereocenters. The molecule has 0 aromatic heterocycles. The first-order valence-electron chi connectivity index (χ1n) is 7.25. The van der Waals surface area contributed by atoms with Gasteiger partial charge in [0.1, 0.15) is 18.3 Å². The Bertz CT molecular complexity index is 639. The summed E-state index contributed by atoms with van der Waals surface area (Å²) >= 11 is 0. The molecule has 0 spiro atoms. The first-order valence-corrected chi connectivity index (χ1v) is 7.25. The van der Waals surface area contributed by atoms with Gasteiger partial charge in [-0.25, -0.2) is 4.79 Å². The molecule has 1 aliphatic rings. The Morgan fingerprint density at radius 1 is 1.43 bits per heavy atom. The van der Waals surface area contributed by atoms with Crippen molar-refractivity contribution in [3.63, 3.8) is 0 Å². The highest BCUT2D eigenvalue weighted by Gasteiger charge is 2.38. The summed E-state index contributed by atoms with van der Waals surface area (Å²) in [4.78, 5) is 24.2. The first kappa shape index (κ1) is 16.6. The highest BCUT2D eigenvalue weighted by atomic mass is 16.5. The number of methoxy groups -OCH3 is 1. The van der Waals surface area contributed by atoms with E-state index in [-0.39, 0.29) is 6.61 Å². The molecule has 23 heavy (non-hydrogen) atoms. The Kier molecular flexibility index (Phi) is 5.41. The van der Waals surface area contributed by atoms with E-state index in [4.69, 9.17) is 9.47 Å². The monoisotopic (exact) mass is 316 g/mol. The van der Waals surface area contributed by atoms with Crippen LogP contribution in [-0.2, 0) is 9.53 Å². The van der Waals surface area contributed by atoms with Gasteiger partial charge in [-0.3, -0.25) is 4.79 Å². The van der Waals surface area contributed by atoms with E-state index < -0.39 is 24.0 Å². The maximum absolute atomic E-state index is 12.4. The zero-order valence-corrected chi connectivity index (χ0v) is 13.2. The van der Waals surface area contributed by atoms with Crippen molar-refractivity contribution in [1.82, 2.24) is 10.6 Å². The number of urea groups is 1. The highest BCUT2D eigenvalue weighted by Crippen LogP contribution is 2.31. The summed E-state index contributed by atoms with van der Waals surface area (Å²) in [6, 6.07) is 6.21. The second kappa shape index (κ2) is 7.49. The molecule has 2 N–H and O–H groups in total. The number of ether oxygens (including phenoxy) is 2. The van der Waals surface area contributed by atoms with Crippen molar-refractivity contribution in [3.8, 4) is 5.75 Å². The molecule has 6 heteroatoms. The Hall–Kier alpha value is -2.76. The van der Waals surface area contributed by atoms with Crippen LogP contribution in [0.4, 0.5) is 4.79 Å². The number of esters is 1. The van der Waals surface area contributed by atoms with Crippen molar-refractivity contribution >= 4 is 12.0 Å². The lowest BCUT2D eigenvalue weighted by atomic mass is 9.89. The van der Waals surface area contributed by atoms with Crippen LogP contribution in [0, 0.1) is 5.92 Å².